The summed E-state index contributed by atoms with van der Waals surface area (Å²) >= 11 is 5.72. The molecular formula is C9H13Cl2N3O. The third kappa shape index (κ3) is 3.48. The number of halogens is 2. The fourth-order valence-electron chi connectivity index (χ4n) is 1.46. The summed E-state index contributed by atoms with van der Waals surface area (Å²) in [5.41, 5.74) is 0.825. The van der Waals surface area contributed by atoms with Crippen LogP contribution >= 0.6 is 24.0 Å². The van der Waals surface area contributed by atoms with Crippen LogP contribution < -0.4 is 10.1 Å². The van der Waals surface area contributed by atoms with Gasteiger partial charge in [-0.3, -0.25) is 0 Å². The second kappa shape index (κ2) is 5.49. The molecule has 1 aromatic heterocycles. The molecule has 1 aliphatic rings. The highest BCUT2D eigenvalue weighted by Crippen LogP contribution is 2.15. The van der Waals surface area contributed by atoms with E-state index >= 15 is 0 Å². The summed E-state index contributed by atoms with van der Waals surface area (Å²) in [7, 11) is 0. The third-order valence-corrected chi connectivity index (χ3v) is 2.27. The maximum absolute atomic E-state index is 5.72. The topological polar surface area (TPSA) is 47.0 Å². The Kier molecular flexibility index (Phi) is 4.57. The Hall–Kier alpha value is -0.580. The van der Waals surface area contributed by atoms with E-state index in [1.807, 2.05) is 6.92 Å². The van der Waals surface area contributed by atoms with Gasteiger partial charge in [0, 0.05) is 18.3 Å². The Labute approximate surface area is 99.8 Å². The highest BCUT2D eigenvalue weighted by molar-refractivity contribution is 6.28. The molecule has 0 amide bonds. The van der Waals surface area contributed by atoms with Crippen molar-refractivity contribution in [1.29, 1.82) is 0 Å². The van der Waals surface area contributed by atoms with Crippen LogP contribution in [0.1, 0.15) is 12.1 Å². The lowest BCUT2D eigenvalue weighted by Crippen LogP contribution is -2.20. The zero-order chi connectivity index (χ0) is 9.97. The molecule has 0 spiro atoms. The van der Waals surface area contributed by atoms with Crippen LogP contribution in [0, 0.1) is 6.92 Å². The number of rotatable bonds is 2. The molecule has 1 saturated heterocycles. The zero-order valence-corrected chi connectivity index (χ0v) is 9.94. The molecule has 6 heteroatoms. The maximum Gasteiger partial charge on any atom is 0.225 e. The molecule has 1 atom stereocenters. The quantitative estimate of drug-likeness (QED) is 0.810. The first-order valence-electron chi connectivity index (χ1n) is 4.62. The van der Waals surface area contributed by atoms with Crippen molar-refractivity contribution in [3.05, 3.63) is 17.0 Å². The number of nitrogens with one attached hydrogen (secondary N) is 1. The van der Waals surface area contributed by atoms with Gasteiger partial charge in [0.2, 0.25) is 11.2 Å². The number of aryl methyl sites for hydroxylation is 1. The van der Waals surface area contributed by atoms with Crippen molar-refractivity contribution >= 4 is 24.0 Å². The smallest absolute Gasteiger partial charge is 0.225 e. The van der Waals surface area contributed by atoms with E-state index in [0.717, 1.165) is 25.2 Å². The van der Waals surface area contributed by atoms with Crippen LogP contribution in [-0.4, -0.2) is 29.2 Å². The van der Waals surface area contributed by atoms with E-state index < -0.39 is 0 Å². The summed E-state index contributed by atoms with van der Waals surface area (Å²) in [6, 6.07) is 1.80. The van der Waals surface area contributed by atoms with E-state index in [0.29, 0.717) is 5.88 Å². The van der Waals surface area contributed by atoms with Crippen molar-refractivity contribution in [2.75, 3.05) is 13.1 Å². The van der Waals surface area contributed by atoms with E-state index in [4.69, 9.17) is 16.3 Å². The molecule has 4 nitrogen and oxygen atoms in total. The Morgan fingerprint density at radius 1 is 1.53 bits per heavy atom. The van der Waals surface area contributed by atoms with Gasteiger partial charge < -0.3 is 10.1 Å². The molecule has 1 aromatic rings. The molecule has 84 valence electrons. The van der Waals surface area contributed by atoms with Crippen LogP contribution in [0.2, 0.25) is 5.28 Å². The molecule has 1 N–H and O–H groups in total. The predicted octanol–water partition coefficient (Wildman–Crippen LogP) is 1.60. The fraction of sp³-hybridized carbons (Fsp3) is 0.556. The molecular weight excluding hydrogens is 237 g/mol. The van der Waals surface area contributed by atoms with Crippen LogP contribution in [0.3, 0.4) is 0 Å². The molecule has 0 aromatic carbocycles. The van der Waals surface area contributed by atoms with Crippen molar-refractivity contribution in [3.63, 3.8) is 0 Å². The molecule has 0 unspecified atom stereocenters. The van der Waals surface area contributed by atoms with Gasteiger partial charge in [0.1, 0.15) is 6.10 Å². The second-order valence-corrected chi connectivity index (χ2v) is 3.69. The van der Waals surface area contributed by atoms with Crippen LogP contribution in [0.25, 0.3) is 0 Å². The molecule has 15 heavy (non-hydrogen) atoms. The van der Waals surface area contributed by atoms with Gasteiger partial charge in [-0.25, -0.2) is 4.98 Å². The number of aromatic nitrogens is 2. The lowest BCUT2D eigenvalue weighted by Gasteiger charge is -2.11. The van der Waals surface area contributed by atoms with Gasteiger partial charge in [-0.05, 0) is 31.5 Å². The molecule has 2 heterocycles. The first kappa shape index (κ1) is 12.5. The lowest BCUT2D eigenvalue weighted by atomic mass is 10.3. The molecule has 0 radical (unpaired) electrons. The summed E-state index contributed by atoms with van der Waals surface area (Å²) in [6.07, 6.45) is 1.22. The molecule has 0 saturated carbocycles. The van der Waals surface area contributed by atoms with Gasteiger partial charge in [0.25, 0.3) is 0 Å². The van der Waals surface area contributed by atoms with E-state index in [2.05, 4.69) is 15.3 Å². The van der Waals surface area contributed by atoms with E-state index in [1.165, 1.54) is 0 Å². The van der Waals surface area contributed by atoms with E-state index in [1.54, 1.807) is 6.07 Å². The summed E-state index contributed by atoms with van der Waals surface area (Å²) in [5, 5.41) is 3.46. The van der Waals surface area contributed by atoms with Crippen molar-refractivity contribution < 1.29 is 4.74 Å². The van der Waals surface area contributed by atoms with Gasteiger partial charge in [0.15, 0.2) is 0 Å². The van der Waals surface area contributed by atoms with Crippen molar-refractivity contribution in [3.8, 4) is 5.88 Å². The van der Waals surface area contributed by atoms with Crippen LogP contribution in [0.4, 0.5) is 0 Å². The maximum atomic E-state index is 5.72. The Morgan fingerprint density at radius 2 is 2.33 bits per heavy atom. The monoisotopic (exact) mass is 249 g/mol. The third-order valence-electron chi connectivity index (χ3n) is 2.11. The van der Waals surface area contributed by atoms with Gasteiger partial charge in [-0.15, -0.1) is 12.4 Å². The molecule has 0 aliphatic carbocycles. The number of hydrogen-bond donors (Lipinski definition) is 1. The van der Waals surface area contributed by atoms with E-state index in [9.17, 15) is 0 Å². The summed E-state index contributed by atoms with van der Waals surface area (Å²) in [6.45, 7) is 3.75. The Morgan fingerprint density at radius 3 is 2.93 bits per heavy atom. The average Bonchev–Trinajstić information content (AvgIpc) is 2.54. The van der Waals surface area contributed by atoms with Crippen LogP contribution in [0.5, 0.6) is 5.88 Å². The summed E-state index contributed by atoms with van der Waals surface area (Å²) in [5.74, 6) is 0.566. The van der Waals surface area contributed by atoms with Crippen molar-refractivity contribution in [1.82, 2.24) is 15.3 Å². The first-order chi connectivity index (χ1) is 6.74. The largest absolute Gasteiger partial charge is 0.473 e. The normalized spacial score (nSPS) is 19.7. The van der Waals surface area contributed by atoms with Crippen molar-refractivity contribution in [2.24, 2.45) is 0 Å². The van der Waals surface area contributed by atoms with Crippen LogP contribution in [-0.2, 0) is 0 Å². The second-order valence-electron chi connectivity index (χ2n) is 3.35. The minimum atomic E-state index is 0. The highest BCUT2D eigenvalue weighted by Gasteiger charge is 2.16. The van der Waals surface area contributed by atoms with Crippen LogP contribution in [0.15, 0.2) is 6.07 Å². The van der Waals surface area contributed by atoms with Gasteiger partial charge in [0.05, 0.1) is 0 Å². The minimum Gasteiger partial charge on any atom is -0.473 e. The first-order valence-corrected chi connectivity index (χ1v) is 5.00. The SMILES string of the molecule is Cc1cc(O[C@@H]2CCNC2)nc(Cl)n1.Cl. The minimum absolute atomic E-state index is 0. The number of ether oxygens (including phenoxy) is 1. The molecule has 1 aliphatic heterocycles. The van der Waals surface area contributed by atoms with Gasteiger partial charge in [-0.2, -0.15) is 4.98 Å². The standard InChI is InChI=1S/C9H12ClN3O.ClH/c1-6-4-8(13-9(10)12-6)14-7-2-3-11-5-7;/h4,7,11H,2-3,5H2,1H3;1H/t7-;/m1./s1. The number of hydrogen-bond acceptors (Lipinski definition) is 4. The fourth-order valence-corrected chi connectivity index (χ4v) is 1.68. The Bertz CT molecular complexity index is 309. The van der Waals surface area contributed by atoms with Gasteiger partial charge >= 0.3 is 0 Å². The lowest BCUT2D eigenvalue weighted by molar-refractivity contribution is 0.213. The predicted molar refractivity (Wildman–Crippen MR) is 60.9 cm³/mol. The summed E-state index contributed by atoms with van der Waals surface area (Å²) < 4.78 is 5.64. The molecule has 1 fully saturated rings. The molecule has 0 bridgehead atoms. The Balaban J connectivity index is 0.00000112. The summed E-state index contributed by atoms with van der Waals surface area (Å²) in [4.78, 5) is 7.97. The zero-order valence-electron chi connectivity index (χ0n) is 8.36. The molecule has 2 rings (SSSR count). The van der Waals surface area contributed by atoms with Crippen molar-refractivity contribution in [2.45, 2.75) is 19.4 Å². The van der Waals surface area contributed by atoms with Gasteiger partial charge in [-0.1, -0.05) is 0 Å². The highest BCUT2D eigenvalue weighted by atomic mass is 35.5. The van der Waals surface area contributed by atoms with E-state index in [-0.39, 0.29) is 23.8 Å². The number of nitrogens with zero attached hydrogens (tertiary/aromatic N) is 2. The average molecular weight is 250 g/mol.